The highest BCUT2D eigenvalue weighted by Gasteiger charge is 1.90. The van der Waals surface area contributed by atoms with Crippen molar-refractivity contribution in [3.05, 3.63) is 0 Å². The van der Waals surface area contributed by atoms with Gasteiger partial charge in [-0.1, -0.05) is 0 Å². The lowest BCUT2D eigenvalue weighted by Crippen LogP contribution is -2.23. The van der Waals surface area contributed by atoms with Crippen molar-refractivity contribution in [3.63, 3.8) is 0 Å². The third-order valence-electron chi connectivity index (χ3n) is 1.07. The quantitative estimate of drug-likeness (QED) is 0.128. The Bertz CT molecular complexity index is 100. The van der Waals surface area contributed by atoms with Gasteiger partial charge in [0.05, 0.1) is 0 Å². The number of amidine groups is 1. The van der Waals surface area contributed by atoms with E-state index in [0.29, 0.717) is 5.84 Å². The van der Waals surface area contributed by atoms with Gasteiger partial charge in [0.2, 0.25) is 0 Å². The van der Waals surface area contributed by atoms with Gasteiger partial charge < -0.3 is 11.1 Å². The molecule has 5 heteroatoms. The molecule has 0 saturated carbocycles. The van der Waals surface area contributed by atoms with Gasteiger partial charge in [-0.3, -0.25) is 0 Å². The van der Waals surface area contributed by atoms with Crippen molar-refractivity contribution in [1.82, 2.24) is 10.9 Å². The molecule has 60 valence electrons. The zero-order valence-electron chi connectivity index (χ0n) is 6.22. The molecule has 0 radical (unpaired) electrons. The molecule has 0 unspecified atom stereocenters. The van der Waals surface area contributed by atoms with E-state index in [1.807, 2.05) is 7.05 Å². The van der Waals surface area contributed by atoms with Crippen LogP contribution in [0.5, 0.6) is 0 Å². The molecule has 0 heterocycles. The van der Waals surface area contributed by atoms with Gasteiger partial charge >= 0.3 is 0 Å². The van der Waals surface area contributed by atoms with E-state index >= 15 is 0 Å². The summed E-state index contributed by atoms with van der Waals surface area (Å²) in [4.78, 5) is 0. The van der Waals surface area contributed by atoms with Crippen molar-refractivity contribution in [2.75, 3.05) is 13.6 Å². The summed E-state index contributed by atoms with van der Waals surface area (Å²) in [6.45, 7) is 0.945. The molecule has 0 amide bonds. The number of hydrazine groups is 1. The largest absolute Gasteiger partial charge is 0.386 e. The van der Waals surface area contributed by atoms with Crippen LogP contribution in [0, 0.1) is 0 Å². The second-order valence-corrected chi connectivity index (χ2v) is 1.94. The molecular weight excluding hydrogens is 130 g/mol. The third kappa shape index (κ3) is 5.33. The van der Waals surface area contributed by atoms with E-state index in [1.165, 1.54) is 0 Å². The molecule has 0 rings (SSSR count). The monoisotopic (exact) mass is 145 g/mol. The number of hydrogen-bond acceptors (Lipinski definition) is 4. The molecule has 0 aromatic carbocycles. The first kappa shape index (κ1) is 9.19. The van der Waals surface area contributed by atoms with Crippen molar-refractivity contribution in [3.8, 4) is 0 Å². The van der Waals surface area contributed by atoms with Crippen LogP contribution in [0.1, 0.15) is 12.8 Å². The van der Waals surface area contributed by atoms with Crippen molar-refractivity contribution < 1.29 is 0 Å². The van der Waals surface area contributed by atoms with Crippen LogP contribution in [0.15, 0.2) is 5.10 Å². The first-order chi connectivity index (χ1) is 4.81. The number of hydrogen-bond donors (Lipinski definition) is 4. The van der Waals surface area contributed by atoms with Gasteiger partial charge in [0.1, 0.15) is 5.84 Å². The molecule has 5 nitrogen and oxygen atoms in total. The van der Waals surface area contributed by atoms with E-state index in [0.717, 1.165) is 19.4 Å². The topological polar surface area (TPSA) is 88.5 Å². The smallest absolute Gasteiger partial charge is 0.121 e. The predicted molar refractivity (Wildman–Crippen MR) is 42.1 cm³/mol. The van der Waals surface area contributed by atoms with Crippen molar-refractivity contribution >= 4 is 5.84 Å². The third-order valence-corrected chi connectivity index (χ3v) is 1.07. The first-order valence-electron chi connectivity index (χ1n) is 3.23. The SMILES string of the molecule is CNCCC/C(N)=N/NN. The lowest BCUT2D eigenvalue weighted by Gasteiger charge is -1.98. The maximum Gasteiger partial charge on any atom is 0.121 e. The van der Waals surface area contributed by atoms with E-state index in [-0.39, 0.29) is 0 Å². The van der Waals surface area contributed by atoms with Crippen LogP contribution in [0.3, 0.4) is 0 Å². The Kier molecular flexibility index (Phi) is 5.80. The van der Waals surface area contributed by atoms with E-state index in [1.54, 1.807) is 0 Å². The average Bonchev–Trinajstić information content (AvgIpc) is 1.89. The molecule has 0 bridgehead atoms. The Morgan fingerprint density at radius 1 is 1.60 bits per heavy atom. The number of nitrogens with zero attached hydrogens (tertiary/aromatic N) is 1. The van der Waals surface area contributed by atoms with E-state index in [4.69, 9.17) is 11.6 Å². The molecular formula is C5H15N5. The fourth-order valence-electron chi connectivity index (χ4n) is 0.585. The fraction of sp³-hybridized carbons (Fsp3) is 0.800. The van der Waals surface area contributed by atoms with Crippen molar-refractivity contribution in [1.29, 1.82) is 0 Å². The number of rotatable bonds is 5. The highest BCUT2D eigenvalue weighted by Crippen LogP contribution is 1.84. The zero-order chi connectivity index (χ0) is 7.82. The molecule has 0 saturated heterocycles. The second kappa shape index (κ2) is 6.31. The van der Waals surface area contributed by atoms with Crippen LogP contribution in [0.2, 0.25) is 0 Å². The summed E-state index contributed by atoms with van der Waals surface area (Å²) >= 11 is 0. The Labute approximate surface area is 60.8 Å². The molecule has 0 aromatic heterocycles. The van der Waals surface area contributed by atoms with Crippen LogP contribution in [0.25, 0.3) is 0 Å². The van der Waals surface area contributed by atoms with Gasteiger partial charge in [0, 0.05) is 6.42 Å². The van der Waals surface area contributed by atoms with E-state index in [9.17, 15) is 0 Å². The molecule has 0 atom stereocenters. The maximum absolute atomic E-state index is 5.40. The first-order valence-corrected chi connectivity index (χ1v) is 3.23. The van der Waals surface area contributed by atoms with E-state index in [2.05, 4.69) is 16.0 Å². The normalized spacial score (nSPS) is 11.6. The summed E-state index contributed by atoms with van der Waals surface area (Å²) < 4.78 is 0. The standard InChI is InChI=1S/C5H15N5/c1-8-4-2-3-5(6)9-10-7/h8,10H,2-4,7H2,1H3,(H2,6,9). The lowest BCUT2D eigenvalue weighted by molar-refractivity contribution is 0.733. The molecule has 0 aliphatic rings. The molecule has 0 spiro atoms. The number of hydrazone groups is 1. The summed E-state index contributed by atoms with van der Waals surface area (Å²) in [7, 11) is 1.90. The van der Waals surface area contributed by atoms with Crippen molar-refractivity contribution in [2.45, 2.75) is 12.8 Å². The minimum absolute atomic E-state index is 0.540. The maximum atomic E-state index is 5.40. The van der Waals surface area contributed by atoms with Gasteiger partial charge in [0.25, 0.3) is 0 Å². The Balaban J connectivity index is 3.21. The van der Waals surface area contributed by atoms with Gasteiger partial charge in [-0.2, -0.15) is 5.10 Å². The van der Waals surface area contributed by atoms with Crippen molar-refractivity contribution in [2.24, 2.45) is 16.7 Å². The summed E-state index contributed by atoms with van der Waals surface area (Å²) in [6.07, 6.45) is 1.75. The molecule has 6 N–H and O–H groups in total. The number of nitrogens with one attached hydrogen (secondary N) is 2. The predicted octanol–water partition coefficient (Wildman–Crippen LogP) is -1.28. The highest BCUT2D eigenvalue weighted by molar-refractivity contribution is 5.79. The number of nitrogens with two attached hydrogens (primary N) is 2. The summed E-state index contributed by atoms with van der Waals surface area (Å²) in [5, 5.41) is 6.59. The van der Waals surface area contributed by atoms with Crippen LogP contribution in [-0.2, 0) is 0 Å². The second-order valence-electron chi connectivity index (χ2n) is 1.94. The Morgan fingerprint density at radius 3 is 2.80 bits per heavy atom. The van der Waals surface area contributed by atoms with Crippen LogP contribution >= 0.6 is 0 Å². The molecule has 0 fully saturated rings. The highest BCUT2D eigenvalue weighted by atomic mass is 15.5. The van der Waals surface area contributed by atoms with E-state index < -0.39 is 0 Å². The Hall–Kier alpha value is -0.810. The molecule has 0 aromatic rings. The van der Waals surface area contributed by atoms with Gasteiger partial charge in [-0.25, -0.2) is 11.4 Å². The van der Waals surface area contributed by atoms with Crippen LogP contribution in [-0.4, -0.2) is 19.4 Å². The summed E-state index contributed by atoms with van der Waals surface area (Å²) in [5.41, 5.74) is 7.54. The summed E-state index contributed by atoms with van der Waals surface area (Å²) in [5.74, 6) is 5.44. The minimum Gasteiger partial charge on any atom is -0.386 e. The average molecular weight is 145 g/mol. The molecule has 0 aliphatic carbocycles. The zero-order valence-corrected chi connectivity index (χ0v) is 6.22. The van der Waals surface area contributed by atoms with Crippen LogP contribution < -0.4 is 22.4 Å². The minimum atomic E-state index is 0.540. The van der Waals surface area contributed by atoms with Gasteiger partial charge in [-0.15, -0.1) is 0 Å². The van der Waals surface area contributed by atoms with Gasteiger partial charge in [0.15, 0.2) is 0 Å². The Morgan fingerprint density at radius 2 is 2.30 bits per heavy atom. The summed E-state index contributed by atoms with van der Waals surface area (Å²) in [6, 6.07) is 0. The van der Waals surface area contributed by atoms with Gasteiger partial charge in [-0.05, 0) is 20.0 Å². The molecule has 10 heavy (non-hydrogen) atoms. The van der Waals surface area contributed by atoms with Crippen LogP contribution in [0.4, 0.5) is 0 Å². The fourth-order valence-corrected chi connectivity index (χ4v) is 0.585. The molecule has 0 aliphatic heterocycles. The lowest BCUT2D eigenvalue weighted by atomic mass is 10.3.